The zero-order valence-corrected chi connectivity index (χ0v) is 10.9. The van der Waals surface area contributed by atoms with E-state index in [2.05, 4.69) is 32.8 Å². The Morgan fingerprint density at radius 3 is 2.75 bits per heavy atom. The highest BCUT2D eigenvalue weighted by Gasteiger charge is 2.10. The van der Waals surface area contributed by atoms with Crippen molar-refractivity contribution in [3.8, 4) is 0 Å². The van der Waals surface area contributed by atoms with Crippen molar-refractivity contribution in [3.63, 3.8) is 0 Å². The van der Waals surface area contributed by atoms with E-state index in [1.165, 1.54) is 0 Å². The normalized spacial score (nSPS) is 10.4. The van der Waals surface area contributed by atoms with Gasteiger partial charge in [0.2, 0.25) is 5.95 Å². The number of aliphatic hydroxyl groups is 1. The first-order chi connectivity index (χ1) is 7.67. The molecule has 0 saturated heterocycles. The standard InChI is InChI=1S/C10H17BrN4O/c1-2-3-4-15(5-6-16)10-13-8(11)7-9(12)14-10/h7,16H,2-6H2,1H3,(H2,12,13,14). The lowest BCUT2D eigenvalue weighted by atomic mass is 10.3. The van der Waals surface area contributed by atoms with Crippen LogP contribution in [0.4, 0.5) is 11.8 Å². The van der Waals surface area contributed by atoms with Gasteiger partial charge in [0.15, 0.2) is 0 Å². The number of nitrogen functional groups attached to an aromatic ring is 1. The third-order valence-corrected chi connectivity index (χ3v) is 2.54. The number of anilines is 2. The minimum atomic E-state index is 0.0828. The molecule has 0 atom stereocenters. The zero-order valence-electron chi connectivity index (χ0n) is 9.36. The van der Waals surface area contributed by atoms with Gasteiger partial charge in [-0.15, -0.1) is 0 Å². The summed E-state index contributed by atoms with van der Waals surface area (Å²) in [7, 11) is 0. The van der Waals surface area contributed by atoms with Crippen molar-refractivity contribution in [2.45, 2.75) is 19.8 Å². The van der Waals surface area contributed by atoms with Crippen LogP contribution in [0, 0.1) is 0 Å². The predicted molar refractivity (Wildman–Crippen MR) is 68.4 cm³/mol. The Hall–Kier alpha value is -0.880. The smallest absolute Gasteiger partial charge is 0.228 e. The summed E-state index contributed by atoms with van der Waals surface area (Å²) in [6, 6.07) is 1.65. The topological polar surface area (TPSA) is 75.3 Å². The first-order valence-electron chi connectivity index (χ1n) is 5.33. The lowest BCUT2D eigenvalue weighted by Crippen LogP contribution is -2.29. The average Bonchev–Trinajstić information content (AvgIpc) is 2.22. The highest BCUT2D eigenvalue weighted by atomic mass is 79.9. The van der Waals surface area contributed by atoms with Crippen molar-refractivity contribution >= 4 is 27.7 Å². The second-order valence-electron chi connectivity index (χ2n) is 3.48. The molecule has 0 unspecified atom stereocenters. The highest BCUT2D eigenvalue weighted by Crippen LogP contribution is 2.16. The maximum Gasteiger partial charge on any atom is 0.228 e. The molecule has 16 heavy (non-hydrogen) atoms. The van der Waals surface area contributed by atoms with Gasteiger partial charge in [-0.25, -0.2) is 4.98 Å². The van der Waals surface area contributed by atoms with Gasteiger partial charge < -0.3 is 15.7 Å². The molecule has 1 heterocycles. The van der Waals surface area contributed by atoms with Gasteiger partial charge in [0.25, 0.3) is 0 Å². The Labute approximate surface area is 104 Å². The number of rotatable bonds is 6. The SMILES string of the molecule is CCCCN(CCO)c1nc(N)cc(Br)n1. The molecule has 0 fully saturated rings. The largest absolute Gasteiger partial charge is 0.395 e. The van der Waals surface area contributed by atoms with Gasteiger partial charge in [-0.2, -0.15) is 4.98 Å². The number of nitrogens with two attached hydrogens (primary N) is 1. The van der Waals surface area contributed by atoms with Crippen molar-refractivity contribution in [1.29, 1.82) is 0 Å². The molecule has 1 aromatic rings. The summed E-state index contributed by atoms with van der Waals surface area (Å²) in [5, 5.41) is 9.00. The molecule has 1 rings (SSSR count). The molecule has 0 aliphatic heterocycles. The number of aromatic nitrogens is 2. The van der Waals surface area contributed by atoms with Gasteiger partial charge in [-0.3, -0.25) is 0 Å². The molecular weight excluding hydrogens is 272 g/mol. The first-order valence-corrected chi connectivity index (χ1v) is 6.12. The number of halogens is 1. The lowest BCUT2D eigenvalue weighted by Gasteiger charge is -2.21. The van der Waals surface area contributed by atoms with E-state index in [0.29, 0.717) is 22.9 Å². The summed E-state index contributed by atoms with van der Waals surface area (Å²) in [4.78, 5) is 10.3. The van der Waals surface area contributed by atoms with Crippen LogP contribution in [0.5, 0.6) is 0 Å². The summed E-state index contributed by atoms with van der Waals surface area (Å²) in [5.74, 6) is 0.991. The second-order valence-corrected chi connectivity index (χ2v) is 4.29. The molecule has 6 heteroatoms. The molecule has 5 nitrogen and oxygen atoms in total. The van der Waals surface area contributed by atoms with Crippen LogP contribution in [0.3, 0.4) is 0 Å². The van der Waals surface area contributed by atoms with E-state index in [1.54, 1.807) is 6.07 Å². The molecule has 0 bridgehead atoms. The maximum absolute atomic E-state index is 9.00. The summed E-state index contributed by atoms with van der Waals surface area (Å²) in [6.45, 7) is 3.55. The molecule has 0 spiro atoms. The van der Waals surface area contributed by atoms with E-state index in [-0.39, 0.29) is 6.61 Å². The third kappa shape index (κ3) is 3.94. The molecule has 0 aromatic carbocycles. The number of unbranched alkanes of at least 4 members (excludes halogenated alkanes) is 1. The Balaban J connectivity index is 2.82. The average molecular weight is 289 g/mol. The Kier molecular flexibility index (Phi) is 5.48. The molecule has 0 radical (unpaired) electrons. The van der Waals surface area contributed by atoms with Crippen LogP contribution in [0.1, 0.15) is 19.8 Å². The van der Waals surface area contributed by atoms with Gasteiger partial charge in [-0.05, 0) is 22.4 Å². The fraction of sp³-hybridized carbons (Fsp3) is 0.600. The van der Waals surface area contributed by atoms with Gasteiger partial charge in [0, 0.05) is 19.2 Å². The maximum atomic E-state index is 9.00. The van der Waals surface area contributed by atoms with Crippen molar-refractivity contribution in [1.82, 2.24) is 9.97 Å². The Morgan fingerprint density at radius 1 is 1.44 bits per heavy atom. The van der Waals surface area contributed by atoms with E-state index in [4.69, 9.17) is 10.8 Å². The van der Waals surface area contributed by atoms with Crippen LogP contribution in [-0.4, -0.2) is 34.8 Å². The summed E-state index contributed by atoms with van der Waals surface area (Å²) < 4.78 is 0.662. The fourth-order valence-corrected chi connectivity index (χ4v) is 1.74. The monoisotopic (exact) mass is 288 g/mol. The van der Waals surface area contributed by atoms with Crippen LogP contribution in [0.2, 0.25) is 0 Å². The van der Waals surface area contributed by atoms with E-state index < -0.39 is 0 Å². The van der Waals surface area contributed by atoms with Crippen molar-refractivity contribution in [3.05, 3.63) is 10.7 Å². The van der Waals surface area contributed by atoms with Crippen LogP contribution < -0.4 is 10.6 Å². The minimum Gasteiger partial charge on any atom is -0.395 e. The zero-order chi connectivity index (χ0) is 12.0. The number of hydrogen-bond donors (Lipinski definition) is 2. The van der Waals surface area contributed by atoms with Crippen LogP contribution in [-0.2, 0) is 0 Å². The highest BCUT2D eigenvalue weighted by molar-refractivity contribution is 9.10. The number of hydrogen-bond acceptors (Lipinski definition) is 5. The van der Waals surface area contributed by atoms with Gasteiger partial charge in [0.1, 0.15) is 10.4 Å². The third-order valence-electron chi connectivity index (χ3n) is 2.14. The predicted octanol–water partition coefficient (Wildman–Crippen LogP) is 1.42. The summed E-state index contributed by atoms with van der Waals surface area (Å²) in [5.41, 5.74) is 5.65. The number of nitrogens with zero attached hydrogens (tertiary/aromatic N) is 3. The lowest BCUT2D eigenvalue weighted by molar-refractivity contribution is 0.301. The van der Waals surface area contributed by atoms with Gasteiger partial charge in [-0.1, -0.05) is 13.3 Å². The molecule has 0 amide bonds. The molecule has 0 aliphatic carbocycles. The molecule has 0 aliphatic rings. The van der Waals surface area contributed by atoms with E-state index in [9.17, 15) is 0 Å². The molecule has 90 valence electrons. The molecule has 3 N–H and O–H groups in total. The van der Waals surface area contributed by atoms with Gasteiger partial charge in [0.05, 0.1) is 6.61 Å². The van der Waals surface area contributed by atoms with Crippen molar-refractivity contribution < 1.29 is 5.11 Å². The first kappa shape index (κ1) is 13.2. The quantitative estimate of drug-likeness (QED) is 0.775. The Morgan fingerprint density at radius 2 is 2.19 bits per heavy atom. The summed E-state index contributed by atoms with van der Waals surface area (Å²) >= 11 is 3.28. The molecular formula is C10H17BrN4O. The van der Waals surface area contributed by atoms with E-state index in [1.807, 2.05) is 4.90 Å². The molecule has 1 aromatic heterocycles. The second kappa shape index (κ2) is 6.65. The molecule has 0 saturated carbocycles. The van der Waals surface area contributed by atoms with Crippen LogP contribution >= 0.6 is 15.9 Å². The van der Waals surface area contributed by atoms with Crippen molar-refractivity contribution in [2.75, 3.05) is 30.3 Å². The minimum absolute atomic E-state index is 0.0828. The Bertz CT molecular complexity index is 314. The van der Waals surface area contributed by atoms with Crippen molar-refractivity contribution in [2.24, 2.45) is 0 Å². The van der Waals surface area contributed by atoms with Crippen LogP contribution in [0.15, 0.2) is 10.7 Å². The number of aliphatic hydroxyl groups excluding tert-OH is 1. The summed E-state index contributed by atoms with van der Waals surface area (Å²) in [6.07, 6.45) is 2.13. The van der Waals surface area contributed by atoms with E-state index in [0.717, 1.165) is 19.4 Å². The fourth-order valence-electron chi connectivity index (χ4n) is 1.35. The van der Waals surface area contributed by atoms with Crippen LogP contribution in [0.25, 0.3) is 0 Å². The van der Waals surface area contributed by atoms with E-state index >= 15 is 0 Å². The van der Waals surface area contributed by atoms with Gasteiger partial charge >= 0.3 is 0 Å².